The monoisotopic (exact) mass is 332 g/mol. The van der Waals surface area contributed by atoms with Crippen molar-refractivity contribution in [2.75, 3.05) is 13.1 Å². The Kier molecular flexibility index (Phi) is 16.9. The number of carbonyl (C=O) groups is 2. The van der Waals surface area contributed by atoms with E-state index in [0.29, 0.717) is 12.1 Å². The van der Waals surface area contributed by atoms with Crippen LogP contribution in [-0.4, -0.2) is 24.9 Å². The third-order valence-electron chi connectivity index (χ3n) is 2.64. The normalized spacial score (nSPS) is 10.0. The second-order valence-corrected chi connectivity index (χ2v) is 4.53. The van der Waals surface area contributed by atoms with Crippen LogP contribution in [0.5, 0.6) is 0 Å². The summed E-state index contributed by atoms with van der Waals surface area (Å²) < 4.78 is 0. The summed E-state index contributed by atoms with van der Waals surface area (Å²) in [6.07, 6.45) is 5.18. The van der Waals surface area contributed by atoms with Gasteiger partial charge in [-0.15, -0.1) is 0 Å². The minimum Gasteiger partial charge on any atom is -0.355 e. The standard InChI is InChI=1S/C11H18N2O2.C7H8.C2H6/c1-4-7-9(5-2)11(15)13-8-10(14)12-6-3;1-7-5-3-2-4-6-7;1-2/h4-5,7H,6,8H2,1-3H3,(H,12,14)(H,13,15);2-6H,1H3;1-2H3/b7-4-,9-5+;;. The van der Waals surface area contributed by atoms with Gasteiger partial charge in [0.2, 0.25) is 5.91 Å². The maximum atomic E-state index is 11.5. The average Bonchev–Trinajstić information content (AvgIpc) is 2.61. The highest BCUT2D eigenvalue weighted by molar-refractivity contribution is 5.97. The van der Waals surface area contributed by atoms with Gasteiger partial charge in [-0.2, -0.15) is 0 Å². The zero-order valence-corrected chi connectivity index (χ0v) is 15.8. The maximum absolute atomic E-state index is 11.5. The Bertz CT molecular complexity index is 506. The second kappa shape index (κ2) is 17.0. The summed E-state index contributed by atoms with van der Waals surface area (Å²) in [7, 11) is 0. The van der Waals surface area contributed by atoms with Crippen LogP contribution in [0.4, 0.5) is 0 Å². The molecule has 0 heterocycles. The topological polar surface area (TPSA) is 58.2 Å². The van der Waals surface area contributed by atoms with E-state index in [1.165, 1.54) is 5.56 Å². The number of benzene rings is 1. The lowest BCUT2D eigenvalue weighted by atomic mass is 10.2. The Hall–Kier alpha value is -2.36. The van der Waals surface area contributed by atoms with Crippen molar-refractivity contribution in [1.82, 2.24) is 10.6 Å². The van der Waals surface area contributed by atoms with Crippen molar-refractivity contribution >= 4 is 11.8 Å². The average molecular weight is 332 g/mol. The predicted octanol–water partition coefficient (Wildman–Crippen LogP) is 3.78. The molecule has 0 radical (unpaired) electrons. The van der Waals surface area contributed by atoms with Crippen LogP contribution in [0.2, 0.25) is 0 Å². The van der Waals surface area contributed by atoms with E-state index in [9.17, 15) is 9.59 Å². The fraction of sp³-hybridized carbons (Fsp3) is 0.400. The third kappa shape index (κ3) is 13.3. The lowest BCUT2D eigenvalue weighted by Crippen LogP contribution is -2.37. The van der Waals surface area contributed by atoms with Crippen LogP contribution < -0.4 is 10.6 Å². The Morgan fingerprint density at radius 3 is 2.00 bits per heavy atom. The fourth-order valence-electron chi connectivity index (χ4n) is 1.54. The molecule has 0 saturated carbocycles. The van der Waals surface area contributed by atoms with Gasteiger partial charge in [-0.3, -0.25) is 9.59 Å². The van der Waals surface area contributed by atoms with Gasteiger partial charge in [-0.25, -0.2) is 0 Å². The van der Waals surface area contributed by atoms with Crippen LogP contribution >= 0.6 is 0 Å². The number of amides is 2. The van der Waals surface area contributed by atoms with E-state index in [4.69, 9.17) is 0 Å². The number of likely N-dealkylation sites (N-methyl/N-ethyl adjacent to an activating group) is 1. The molecule has 4 heteroatoms. The van der Waals surface area contributed by atoms with Gasteiger partial charge in [-0.1, -0.05) is 68.0 Å². The van der Waals surface area contributed by atoms with Crippen LogP contribution in [0.1, 0.15) is 40.2 Å². The molecular weight excluding hydrogens is 300 g/mol. The van der Waals surface area contributed by atoms with E-state index in [-0.39, 0.29) is 18.4 Å². The molecule has 0 fully saturated rings. The predicted molar refractivity (Wildman–Crippen MR) is 103 cm³/mol. The Balaban J connectivity index is 0. The Morgan fingerprint density at radius 2 is 1.62 bits per heavy atom. The van der Waals surface area contributed by atoms with Crippen LogP contribution in [0.3, 0.4) is 0 Å². The van der Waals surface area contributed by atoms with Crippen molar-refractivity contribution in [3.05, 3.63) is 59.7 Å². The molecule has 0 atom stereocenters. The molecule has 0 aliphatic heterocycles. The van der Waals surface area contributed by atoms with Crippen molar-refractivity contribution < 1.29 is 9.59 Å². The van der Waals surface area contributed by atoms with Gasteiger partial charge in [0, 0.05) is 12.1 Å². The first-order valence-corrected chi connectivity index (χ1v) is 8.40. The smallest absolute Gasteiger partial charge is 0.251 e. The van der Waals surface area contributed by atoms with Gasteiger partial charge < -0.3 is 10.6 Å². The molecule has 0 saturated heterocycles. The van der Waals surface area contributed by atoms with Gasteiger partial charge in [0.05, 0.1) is 6.54 Å². The second-order valence-electron chi connectivity index (χ2n) is 4.53. The van der Waals surface area contributed by atoms with Crippen molar-refractivity contribution in [2.24, 2.45) is 0 Å². The largest absolute Gasteiger partial charge is 0.355 e. The van der Waals surface area contributed by atoms with Crippen LogP contribution in [-0.2, 0) is 9.59 Å². The number of allylic oxidation sites excluding steroid dienone is 2. The Labute approximate surface area is 147 Å². The number of hydrogen-bond donors (Lipinski definition) is 2. The summed E-state index contributed by atoms with van der Waals surface area (Å²) in [4.78, 5) is 22.5. The van der Waals surface area contributed by atoms with E-state index >= 15 is 0 Å². The number of aryl methyl sites for hydroxylation is 1. The summed E-state index contributed by atoms with van der Waals surface area (Å²) in [5, 5.41) is 5.13. The van der Waals surface area contributed by atoms with E-state index in [0.717, 1.165) is 0 Å². The summed E-state index contributed by atoms with van der Waals surface area (Å²) >= 11 is 0. The van der Waals surface area contributed by atoms with Crippen LogP contribution in [0.25, 0.3) is 0 Å². The molecule has 0 aliphatic carbocycles. The summed E-state index contributed by atoms with van der Waals surface area (Å²) in [6.45, 7) is 12.1. The molecule has 0 unspecified atom stereocenters. The zero-order valence-electron chi connectivity index (χ0n) is 15.8. The van der Waals surface area contributed by atoms with Crippen LogP contribution in [0.15, 0.2) is 54.1 Å². The zero-order chi connectivity index (χ0) is 18.8. The summed E-state index contributed by atoms with van der Waals surface area (Å²) in [5.74, 6) is -0.413. The van der Waals surface area contributed by atoms with Crippen molar-refractivity contribution in [1.29, 1.82) is 0 Å². The highest BCUT2D eigenvalue weighted by Crippen LogP contribution is 1.96. The quantitative estimate of drug-likeness (QED) is 0.637. The molecule has 4 nitrogen and oxygen atoms in total. The van der Waals surface area contributed by atoms with Crippen LogP contribution in [0, 0.1) is 6.92 Å². The first-order chi connectivity index (χ1) is 11.5. The van der Waals surface area contributed by atoms with Crippen molar-refractivity contribution in [3.63, 3.8) is 0 Å². The molecule has 0 bridgehead atoms. The molecule has 0 aliphatic rings. The fourth-order valence-corrected chi connectivity index (χ4v) is 1.54. The molecular formula is C20H32N2O2. The maximum Gasteiger partial charge on any atom is 0.251 e. The van der Waals surface area contributed by atoms with Gasteiger partial charge in [0.1, 0.15) is 0 Å². The lowest BCUT2D eigenvalue weighted by Gasteiger charge is -2.05. The molecule has 1 aromatic carbocycles. The molecule has 1 aromatic rings. The molecule has 0 aromatic heterocycles. The number of nitrogens with one attached hydrogen (secondary N) is 2. The SMILES string of the molecule is C/C=C\C(=C/C)C(=O)NCC(=O)NCC.CC.Cc1ccccc1. The molecule has 1 rings (SSSR count). The van der Waals surface area contributed by atoms with Gasteiger partial charge in [0.25, 0.3) is 5.91 Å². The van der Waals surface area contributed by atoms with Crippen molar-refractivity contribution in [3.8, 4) is 0 Å². The molecule has 2 amide bonds. The number of carbonyl (C=O) groups excluding carboxylic acids is 2. The van der Waals surface area contributed by atoms with Gasteiger partial charge >= 0.3 is 0 Å². The third-order valence-corrected chi connectivity index (χ3v) is 2.64. The Morgan fingerprint density at radius 1 is 1.04 bits per heavy atom. The molecule has 2 N–H and O–H groups in total. The highest BCUT2D eigenvalue weighted by Gasteiger charge is 2.06. The highest BCUT2D eigenvalue weighted by atomic mass is 16.2. The van der Waals surface area contributed by atoms with E-state index in [1.54, 1.807) is 25.2 Å². The molecule has 134 valence electrons. The lowest BCUT2D eigenvalue weighted by molar-refractivity contribution is -0.124. The molecule has 24 heavy (non-hydrogen) atoms. The molecule has 0 spiro atoms. The van der Waals surface area contributed by atoms with Gasteiger partial charge in [0.15, 0.2) is 0 Å². The van der Waals surface area contributed by atoms with Crippen molar-refractivity contribution in [2.45, 2.75) is 41.5 Å². The van der Waals surface area contributed by atoms with E-state index in [1.807, 2.05) is 45.9 Å². The minimum absolute atomic E-state index is 0.0154. The van der Waals surface area contributed by atoms with E-state index in [2.05, 4.69) is 29.7 Å². The number of hydrogen-bond acceptors (Lipinski definition) is 2. The summed E-state index contributed by atoms with van der Waals surface area (Å²) in [6, 6.07) is 10.3. The summed E-state index contributed by atoms with van der Waals surface area (Å²) in [5.41, 5.74) is 1.88. The van der Waals surface area contributed by atoms with E-state index < -0.39 is 0 Å². The number of rotatable bonds is 5. The minimum atomic E-state index is -0.234. The first kappa shape index (κ1) is 23.9. The van der Waals surface area contributed by atoms with Gasteiger partial charge in [-0.05, 0) is 27.7 Å². The first-order valence-electron chi connectivity index (χ1n) is 8.40.